The lowest BCUT2D eigenvalue weighted by Gasteiger charge is -1.74. The van der Waals surface area contributed by atoms with E-state index in [2.05, 4.69) is 6.58 Å². The van der Waals surface area contributed by atoms with E-state index in [4.69, 9.17) is 5.73 Å². The van der Waals surface area contributed by atoms with E-state index in [1.165, 1.54) is 5.57 Å². The van der Waals surface area contributed by atoms with Gasteiger partial charge >= 0.3 is 0 Å². The van der Waals surface area contributed by atoms with E-state index in [1.807, 2.05) is 6.08 Å². The molecule has 0 bridgehead atoms. The third-order valence-electron chi connectivity index (χ3n) is 0.883. The van der Waals surface area contributed by atoms with Crippen LogP contribution in [0.4, 0.5) is 0 Å². The molecule has 1 aliphatic rings. The van der Waals surface area contributed by atoms with Crippen LogP contribution in [0.5, 0.6) is 0 Å². The molecule has 6 heavy (non-hydrogen) atoms. The average molecular weight is 81.1 g/mol. The first-order chi connectivity index (χ1) is 2.84. The van der Waals surface area contributed by atoms with Gasteiger partial charge in [0.1, 0.15) is 0 Å². The summed E-state index contributed by atoms with van der Waals surface area (Å²) in [6.45, 7) is 3.52. The van der Waals surface area contributed by atoms with E-state index in [1.54, 1.807) is 6.08 Å². The second-order valence-corrected chi connectivity index (χ2v) is 1.40. The fourth-order valence-electron chi connectivity index (χ4n) is 0.363. The minimum atomic E-state index is 0.238. The van der Waals surface area contributed by atoms with Crippen LogP contribution < -0.4 is 5.73 Å². The molecule has 1 aliphatic carbocycles. The van der Waals surface area contributed by atoms with E-state index in [-0.39, 0.29) is 6.04 Å². The van der Waals surface area contributed by atoms with Gasteiger partial charge in [0.05, 0.1) is 0 Å². The highest BCUT2D eigenvalue weighted by atomic mass is 14.7. The van der Waals surface area contributed by atoms with Crippen LogP contribution >= 0.6 is 0 Å². The van der Waals surface area contributed by atoms with Gasteiger partial charge in [-0.05, 0) is 5.57 Å². The summed E-state index contributed by atoms with van der Waals surface area (Å²) in [5.41, 5.74) is 6.49. The Labute approximate surface area is 37.2 Å². The predicted octanol–water partition coefficient (Wildman–Crippen LogP) is 0.440. The largest absolute Gasteiger partial charge is 0.321 e. The monoisotopic (exact) mass is 81.1 g/mol. The molecule has 1 atom stereocenters. The standard InChI is InChI=1S/C5H7N/c1-2-4-3-5(4)6/h2-3,5H,1,6H2. The molecule has 2 N–H and O–H groups in total. The molecule has 0 amide bonds. The highest BCUT2D eigenvalue weighted by molar-refractivity contribution is 5.41. The molecule has 1 nitrogen and oxygen atoms in total. The Balaban J connectivity index is 2.42. The Hall–Kier alpha value is -0.560. The Morgan fingerprint density at radius 3 is 2.50 bits per heavy atom. The predicted molar refractivity (Wildman–Crippen MR) is 26.3 cm³/mol. The van der Waals surface area contributed by atoms with Crippen molar-refractivity contribution in [2.24, 2.45) is 5.73 Å². The summed E-state index contributed by atoms with van der Waals surface area (Å²) in [4.78, 5) is 0. The zero-order valence-electron chi connectivity index (χ0n) is 3.52. The highest BCUT2D eigenvalue weighted by Crippen LogP contribution is 2.16. The molecule has 32 valence electrons. The maximum Gasteiger partial charge on any atom is 0.0484 e. The maximum absolute atomic E-state index is 5.31. The number of hydrogen-bond acceptors (Lipinski definition) is 1. The topological polar surface area (TPSA) is 26.0 Å². The van der Waals surface area contributed by atoms with Crippen molar-refractivity contribution in [1.82, 2.24) is 0 Å². The molecule has 0 saturated heterocycles. The quantitative estimate of drug-likeness (QED) is 0.487. The van der Waals surface area contributed by atoms with E-state index < -0.39 is 0 Å². The SMILES string of the molecule is C=CC1=CC1N. The summed E-state index contributed by atoms with van der Waals surface area (Å²) >= 11 is 0. The Morgan fingerprint density at radius 2 is 2.50 bits per heavy atom. The molecule has 0 fully saturated rings. The van der Waals surface area contributed by atoms with Crippen LogP contribution in [0.15, 0.2) is 24.3 Å². The van der Waals surface area contributed by atoms with Gasteiger partial charge in [0.2, 0.25) is 0 Å². The van der Waals surface area contributed by atoms with Crippen molar-refractivity contribution in [1.29, 1.82) is 0 Å². The smallest absolute Gasteiger partial charge is 0.0484 e. The molecule has 1 rings (SSSR count). The molecule has 0 aromatic heterocycles. The maximum atomic E-state index is 5.31. The molecule has 0 aliphatic heterocycles. The van der Waals surface area contributed by atoms with Crippen LogP contribution in [0.25, 0.3) is 0 Å². The van der Waals surface area contributed by atoms with E-state index in [0.717, 1.165) is 0 Å². The molecular formula is C5H7N. The molecule has 0 radical (unpaired) electrons. The van der Waals surface area contributed by atoms with Gasteiger partial charge in [-0.2, -0.15) is 0 Å². The minimum Gasteiger partial charge on any atom is -0.321 e. The lowest BCUT2D eigenvalue weighted by atomic mass is 10.4. The van der Waals surface area contributed by atoms with Crippen molar-refractivity contribution in [3.8, 4) is 0 Å². The number of nitrogens with two attached hydrogens (primary N) is 1. The first-order valence-electron chi connectivity index (χ1n) is 1.94. The average Bonchev–Trinajstić information content (AvgIpc) is 2.19. The first kappa shape index (κ1) is 3.62. The lowest BCUT2D eigenvalue weighted by molar-refractivity contribution is 1.14. The lowest BCUT2D eigenvalue weighted by Crippen LogP contribution is -2.00. The van der Waals surface area contributed by atoms with Crippen molar-refractivity contribution in [2.45, 2.75) is 6.04 Å². The van der Waals surface area contributed by atoms with Crippen molar-refractivity contribution < 1.29 is 0 Å². The van der Waals surface area contributed by atoms with Gasteiger partial charge in [-0.25, -0.2) is 0 Å². The van der Waals surface area contributed by atoms with Gasteiger partial charge in [-0.3, -0.25) is 0 Å². The summed E-state index contributed by atoms with van der Waals surface area (Å²) in [6.07, 6.45) is 3.75. The zero-order valence-corrected chi connectivity index (χ0v) is 3.52. The molecule has 0 aromatic rings. The van der Waals surface area contributed by atoms with E-state index >= 15 is 0 Å². The molecule has 0 saturated carbocycles. The van der Waals surface area contributed by atoms with Crippen molar-refractivity contribution in [2.75, 3.05) is 0 Å². The Kier molecular flexibility index (Phi) is 0.573. The fourth-order valence-corrected chi connectivity index (χ4v) is 0.363. The number of rotatable bonds is 1. The van der Waals surface area contributed by atoms with Gasteiger partial charge in [-0.15, -0.1) is 0 Å². The van der Waals surface area contributed by atoms with Crippen LogP contribution in [0.3, 0.4) is 0 Å². The van der Waals surface area contributed by atoms with Crippen LogP contribution in [-0.2, 0) is 0 Å². The summed E-state index contributed by atoms with van der Waals surface area (Å²) in [5, 5.41) is 0. The molecule has 1 unspecified atom stereocenters. The van der Waals surface area contributed by atoms with Crippen LogP contribution in [0, 0.1) is 0 Å². The minimum absolute atomic E-state index is 0.238. The van der Waals surface area contributed by atoms with Crippen molar-refractivity contribution in [3.05, 3.63) is 24.3 Å². The third-order valence-corrected chi connectivity index (χ3v) is 0.883. The second kappa shape index (κ2) is 0.949. The summed E-state index contributed by atoms with van der Waals surface area (Å²) in [6, 6.07) is 0.238. The van der Waals surface area contributed by atoms with Gasteiger partial charge in [-0.1, -0.05) is 18.7 Å². The van der Waals surface area contributed by atoms with E-state index in [9.17, 15) is 0 Å². The molecule has 0 spiro atoms. The van der Waals surface area contributed by atoms with Crippen molar-refractivity contribution >= 4 is 0 Å². The van der Waals surface area contributed by atoms with Crippen LogP contribution in [-0.4, -0.2) is 6.04 Å². The molecular weight excluding hydrogens is 74.1 g/mol. The van der Waals surface area contributed by atoms with Gasteiger partial charge in [0, 0.05) is 6.04 Å². The summed E-state index contributed by atoms with van der Waals surface area (Å²) in [5.74, 6) is 0. The van der Waals surface area contributed by atoms with Gasteiger partial charge in [0.15, 0.2) is 0 Å². The highest BCUT2D eigenvalue weighted by Gasteiger charge is 2.14. The van der Waals surface area contributed by atoms with Crippen LogP contribution in [0.1, 0.15) is 0 Å². The number of hydrogen-bond donors (Lipinski definition) is 1. The van der Waals surface area contributed by atoms with Gasteiger partial charge in [0.25, 0.3) is 0 Å². The summed E-state index contributed by atoms with van der Waals surface area (Å²) < 4.78 is 0. The van der Waals surface area contributed by atoms with E-state index in [0.29, 0.717) is 0 Å². The molecule has 0 aromatic carbocycles. The fraction of sp³-hybridized carbons (Fsp3) is 0.200. The zero-order chi connectivity index (χ0) is 4.57. The van der Waals surface area contributed by atoms with Crippen LogP contribution in [0.2, 0.25) is 0 Å². The molecule has 0 heterocycles. The Bertz CT molecular complexity index is 103. The summed E-state index contributed by atoms with van der Waals surface area (Å²) in [7, 11) is 0. The Morgan fingerprint density at radius 1 is 2.00 bits per heavy atom. The second-order valence-electron chi connectivity index (χ2n) is 1.40. The first-order valence-corrected chi connectivity index (χ1v) is 1.94. The molecule has 1 heteroatoms. The third kappa shape index (κ3) is 0.370. The van der Waals surface area contributed by atoms with Gasteiger partial charge < -0.3 is 5.73 Å². The normalized spacial score (nSPS) is 28.8. The van der Waals surface area contributed by atoms with Crippen molar-refractivity contribution in [3.63, 3.8) is 0 Å².